The zero-order valence-corrected chi connectivity index (χ0v) is 24.3. The van der Waals surface area contributed by atoms with Crippen molar-refractivity contribution in [3.8, 4) is 5.75 Å². The van der Waals surface area contributed by atoms with E-state index in [1.165, 1.54) is 4.90 Å². The van der Waals surface area contributed by atoms with Crippen LogP contribution in [-0.2, 0) is 17.9 Å². The van der Waals surface area contributed by atoms with Gasteiger partial charge in [-0.25, -0.2) is 0 Å². The van der Waals surface area contributed by atoms with E-state index in [2.05, 4.69) is 34.7 Å². The summed E-state index contributed by atoms with van der Waals surface area (Å²) in [7, 11) is 0. The molecule has 4 rings (SSSR count). The number of hydrogen-bond acceptors (Lipinski definition) is 5. The number of rotatable bonds is 9. The van der Waals surface area contributed by atoms with E-state index in [1.807, 2.05) is 48.5 Å². The maximum absolute atomic E-state index is 13.2. The zero-order chi connectivity index (χ0) is 26.5. The highest BCUT2D eigenvalue weighted by Gasteiger charge is 2.35. The summed E-state index contributed by atoms with van der Waals surface area (Å²) in [5, 5.41) is 0.772. The van der Waals surface area contributed by atoms with Crippen LogP contribution in [-0.4, -0.2) is 29.1 Å². The van der Waals surface area contributed by atoms with Crippen molar-refractivity contribution in [3.63, 3.8) is 0 Å². The Morgan fingerprint density at radius 1 is 1.00 bits per heavy atom. The van der Waals surface area contributed by atoms with E-state index in [9.17, 15) is 9.59 Å². The lowest BCUT2D eigenvalue weighted by molar-refractivity contribution is -0.123. The van der Waals surface area contributed by atoms with Gasteiger partial charge < -0.3 is 9.64 Å². The fourth-order valence-corrected chi connectivity index (χ4v) is 5.45. The summed E-state index contributed by atoms with van der Waals surface area (Å²) in [6.45, 7) is 6.30. The smallest absolute Gasteiger partial charge is 0.293 e. The molecule has 2 amide bonds. The molecule has 1 aliphatic heterocycles. The summed E-state index contributed by atoms with van der Waals surface area (Å²) in [6.07, 6.45) is 1.72. The monoisotopic (exact) mass is 618 g/mol. The lowest BCUT2D eigenvalue weighted by Crippen LogP contribution is -2.27. The van der Waals surface area contributed by atoms with Gasteiger partial charge in [0.2, 0.25) is 0 Å². The van der Waals surface area contributed by atoms with Gasteiger partial charge in [0.15, 0.2) is 0 Å². The minimum atomic E-state index is -0.322. The zero-order valence-electron chi connectivity index (χ0n) is 20.3. The molecule has 5 nitrogen and oxygen atoms in total. The second-order valence-corrected chi connectivity index (χ2v) is 11.1. The predicted octanol–water partition coefficient (Wildman–Crippen LogP) is 8.42. The first-order valence-electron chi connectivity index (χ1n) is 11.7. The molecule has 0 radical (unpaired) electrons. The van der Waals surface area contributed by atoms with Crippen LogP contribution in [0.4, 0.5) is 10.5 Å². The Labute approximate surface area is 239 Å². The van der Waals surface area contributed by atoms with E-state index >= 15 is 0 Å². The molecule has 0 N–H and O–H groups in total. The summed E-state index contributed by atoms with van der Waals surface area (Å²) in [5.41, 5.74) is 3.37. The van der Waals surface area contributed by atoms with E-state index in [1.54, 1.807) is 18.2 Å². The molecule has 3 aromatic carbocycles. The van der Waals surface area contributed by atoms with Crippen molar-refractivity contribution in [2.75, 3.05) is 18.0 Å². The molecule has 0 unspecified atom stereocenters. The van der Waals surface area contributed by atoms with Crippen LogP contribution in [0.1, 0.15) is 30.5 Å². The van der Waals surface area contributed by atoms with Crippen molar-refractivity contribution in [2.45, 2.75) is 27.0 Å². The van der Waals surface area contributed by atoms with Crippen LogP contribution in [0.2, 0.25) is 10.0 Å². The molecule has 37 heavy (non-hydrogen) atoms. The van der Waals surface area contributed by atoms with Crippen LogP contribution in [0.3, 0.4) is 0 Å². The van der Waals surface area contributed by atoms with Crippen LogP contribution in [0.25, 0.3) is 6.08 Å². The van der Waals surface area contributed by atoms with E-state index in [4.69, 9.17) is 27.9 Å². The molecule has 1 fully saturated rings. The largest absolute Gasteiger partial charge is 0.488 e. The molecule has 1 heterocycles. The van der Waals surface area contributed by atoms with Crippen molar-refractivity contribution < 1.29 is 14.3 Å². The van der Waals surface area contributed by atoms with Gasteiger partial charge in [-0.2, -0.15) is 0 Å². The van der Waals surface area contributed by atoms with Crippen molar-refractivity contribution in [2.24, 2.45) is 0 Å². The number of halogens is 3. The highest BCUT2D eigenvalue weighted by atomic mass is 79.9. The number of nitrogens with zero attached hydrogens (tertiary/aromatic N) is 2. The fraction of sp³-hybridized carbons (Fsp3) is 0.214. The summed E-state index contributed by atoms with van der Waals surface area (Å²) in [4.78, 5) is 29.7. The van der Waals surface area contributed by atoms with Crippen LogP contribution >= 0.6 is 50.9 Å². The average Bonchev–Trinajstić information content (AvgIpc) is 3.14. The number of ether oxygens (including phenoxy) is 1. The lowest BCUT2D eigenvalue weighted by atomic mass is 10.1. The fourth-order valence-electron chi connectivity index (χ4n) is 3.90. The van der Waals surface area contributed by atoms with Gasteiger partial charge in [-0.15, -0.1) is 0 Å². The highest BCUT2D eigenvalue weighted by Crippen LogP contribution is 2.36. The van der Waals surface area contributed by atoms with Crippen molar-refractivity contribution in [1.29, 1.82) is 0 Å². The van der Waals surface area contributed by atoms with E-state index in [0.717, 1.165) is 46.1 Å². The van der Waals surface area contributed by atoms with Crippen LogP contribution in [0, 0.1) is 0 Å². The van der Waals surface area contributed by atoms with Gasteiger partial charge in [-0.3, -0.25) is 14.5 Å². The van der Waals surface area contributed by atoms with Gasteiger partial charge in [0.1, 0.15) is 12.4 Å². The number of carbonyl (C=O) groups excluding carboxylic acids is 2. The molecule has 0 saturated carbocycles. The standard InChI is InChI=1S/C28H25BrCl2N2O3S/c1-3-32(4-2)23-12-8-19(25(15-23)36-17-20-7-11-22(30)14-24(20)31)13-26-27(34)33(28(35)37-26)16-18-5-9-21(29)10-6-18/h5-15H,3-4,16-17H2,1-2H3/b26-13+. The van der Waals surface area contributed by atoms with E-state index in [0.29, 0.717) is 26.3 Å². The van der Waals surface area contributed by atoms with Gasteiger partial charge >= 0.3 is 0 Å². The highest BCUT2D eigenvalue weighted by molar-refractivity contribution is 9.10. The maximum atomic E-state index is 13.2. The molecule has 1 saturated heterocycles. The summed E-state index contributed by atoms with van der Waals surface area (Å²) in [6, 6.07) is 18.7. The number of anilines is 1. The number of thioether (sulfide) groups is 1. The lowest BCUT2D eigenvalue weighted by Gasteiger charge is -2.22. The van der Waals surface area contributed by atoms with Crippen molar-refractivity contribution in [3.05, 3.63) is 96.8 Å². The summed E-state index contributed by atoms with van der Waals surface area (Å²) in [5.74, 6) is 0.271. The average molecular weight is 620 g/mol. The van der Waals surface area contributed by atoms with E-state index < -0.39 is 0 Å². The summed E-state index contributed by atoms with van der Waals surface area (Å²) >= 11 is 16.7. The third-order valence-electron chi connectivity index (χ3n) is 5.94. The van der Waals surface area contributed by atoms with Crippen LogP contribution in [0.15, 0.2) is 70.0 Å². The number of carbonyl (C=O) groups is 2. The second kappa shape index (κ2) is 12.4. The number of benzene rings is 3. The first kappa shape index (κ1) is 27.6. The third-order valence-corrected chi connectivity index (χ3v) is 7.96. The Kier molecular flexibility index (Phi) is 9.24. The first-order valence-corrected chi connectivity index (χ1v) is 14.1. The van der Waals surface area contributed by atoms with Gasteiger partial charge in [0.05, 0.1) is 11.4 Å². The molecule has 1 aliphatic rings. The predicted molar refractivity (Wildman–Crippen MR) is 156 cm³/mol. The minimum Gasteiger partial charge on any atom is -0.488 e. The third kappa shape index (κ3) is 6.71. The molecule has 0 aromatic heterocycles. The Hall–Kier alpha value is -2.45. The molecule has 0 spiro atoms. The molecular formula is C28H25BrCl2N2O3S. The van der Waals surface area contributed by atoms with Gasteiger partial charge in [-0.05, 0) is 73.6 Å². The molecule has 0 bridgehead atoms. The van der Waals surface area contributed by atoms with Crippen molar-refractivity contribution >= 4 is 73.8 Å². The normalized spacial score (nSPS) is 14.5. The minimum absolute atomic E-state index is 0.217. The second-order valence-electron chi connectivity index (χ2n) is 8.31. The number of amides is 2. The Bertz CT molecular complexity index is 1340. The first-order chi connectivity index (χ1) is 17.8. The van der Waals surface area contributed by atoms with Gasteiger partial charge in [0.25, 0.3) is 11.1 Å². The topological polar surface area (TPSA) is 49.9 Å². The van der Waals surface area contributed by atoms with Crippen molar-refractivity contribution in [1.82, 2.24) is 4.90 Å². The molecule has 9 heteroatoms. The van der Waals surface area contributed by atoms with Crippen LogP contribution < -0.4 is 9.64 Å². The molecule has 192 valence electrons. The van der Waals surface area contributed by atoms with Gasteiger partial charge in [-0.1, -0.05) is 57.3 Å². The Morgan fingerprint density at radius 3 is 2.41 bits per heavy atom. The molecule has 0 atom stereocenters. The van der Waals surface area contributed by atoms with Gasteiger partial charge in [0, 0.05) is 50.5 Å². The number of imide groups is 1. The quantitative estimate of drug-likeness (QED) is 0.225. The van der Waals surface area contributed by atoms with E-state index in [-0.39, 0.29) is 24.3 Å². The molecule has 0 aliphatic carbocycles. The molecular weight excluding hydrogens is 595 g/mol. The Balaban J connectivity index is 1.62. The number of hydrogen-bond donors (Lipinski definition) is 0. The summed E-state index contributed by atoms with van der Waals surface area (Å²) < 4.78 is 7.14. The van der Waals surface area contributed by atoms with Crippen LogP contribution in [0.5, 0.6) is 5.75 Å². The Morgan fingerprint density at radius 2 is 1.73 bits per heavy atom. The molecule has 3 aromatic rings. The maximum Gasteiger partial charge on any atom is 0.293 e. The SMILES string of the molecule is CCN(CC)c1ccc(/C=C2/SC(=O)N(Cc3ccc(Br)cc3)C2=O)c(OCc2ccc(Cl)cc2Cl)c1.